The molecule has 0 unspecified atom stereocenters. The average molecular weight is 315 g/mol. The Morgan fingerprint density at radius 3 is 2.95 bits per heavy atom. The first-order valence-corrected chi connectivity index (χ1v) is 9.18. The molecule has 3 atom stereocenters. The fourth-order valence-electron chi connectivity index (χ4n) is 3.12. The third kappa shape index (κ3) is 2.19. The first-order valence-electron chi connectivity index (χ1n) is 7.31. The van der Waals surface area contributed by atoms with Crippen LogP contribution in [0.15, 0.2) is 46.9 Å². The van der Waals surface area contributed by atoms with E-state index in [0.717, 1.165) is 11.4 Å². The van der Waals surface area contributed by atoms with Gasteiger partial charge in [0, 0.05) is 22.9 Å². The Morgan fingerprint density at radius 2 is 2.24 bits per heavy atom. The molecule has 21 heavy (non-hydrogen) atoms. The van der Waals surface area contributed by atoms with Crippen LogP contribution in [-0.4, -0.2) is 26.8 Å². The molecule has 0 amide bonds. The Morgan fingerprint density at radius 1 is 1.29 bits per heavy atom. The van der Waals surface area contributed by atoms with Gasteiger partial charge in [0.2, 0.25) is 0 Å². The second-order valence-corrected chi connectivity index (χ2v) is 7.32. The summed E-state index contributed by atoms with van der Waals surface area (Å²) >= 11 is 3.73. The topological polar surface area (TPSA) is 28.5 Å². The highest BCUT2D eigenvalue weighted by molar-refractivity contribution is 8.14. The number of thioether (sulfide) groups is 1. The monoisotopic (exact) mass is 315 g/mol. The van der Waals surface area contributed by atoms with E-state index in [4.69, 9.17) is 4.99 Å². The molecule has 4 heterocycles. The molecule has 0 bridgehead atoms. The lowest BCUT2D eigenvalue weighted by atomic mass is 10.0. The lowest BCUT2D eigenvalue weighted by molar-refractivity contribution is 0.258. The van der Waals surface area contributed by atoms with E-state index in [0.29, 0.717) is 12.1 Å². The zero-order chi connectivity index (χ0) is 14.2. The van der Waals surface area contributed by atoms with E-state index in [1.54, 1.807) is 0 Å². The van der Waals surface area contributed by atoms with Gasteiger partial charge in [-0.05, 0) is 30.0 Å². The molecule has 0 saturated carbocycles. The maximum absolute atomic E-state index is 5.01. The molecule has 2 aliphatic heterocycles. The molecule has 0 radical (unpaired) electrons. The second kappa shape index (κ2) is 5.46. The highest BCUT2D eigenvalue weighted by Crippen LogP contribution is 2.49. The summed E-state index contributed by atoms with van der Waals surface area (Å²) in [4.78, 5) is 13.5. The average Bonchev–Trinajstić information content (AvgIpc) is 3.23. The highest BCUT2D eigenvalue weighted by Gasteiger charge is 2.45. The van der Waals surface area contributed by atoms with Crippen LogP contribution in [0.5, 0.6) is 0 Å². The molecule has 0 aromatic carbocycles. The van der Waals surface area contributed by atoms with Crippen molar-refractivity contribution in [2.75, 3.05) is 5.75 Å². The van der Waals surface area contributed by atoms with Crippen LogP contribution in [0.1, 0.15) is 36.0 Å². The Bertz CT molecular complexity index is 639. The molecule has 4 rings (SSSR count). The van der Waals surface area contributed by atoms with Gasteiger partial charge in [0.25, 0.3) is 0 Å². The molecule has 5 heteroatoms. The van der Waals surface area contributed by atoms with Gasteiger partial charge in [0.1, 0.15) is 6.04 Å². The normalized spacial score (nSPS) is 27.8. The van der Waals surface area contributed by atoms with E-state index in [-0.39, 0.29) is 6.04 Å². The maximum Gasteiger partial charge on any atom is 0.160 e. The quantitative estimate of drug-likeness (QED) is 0.853. The lowest BCUT2D eigenvalue weighted by Gasteiger charge is -2.30. The van der Waals surface area contributed by atoms with Gasteiger partial charge in [-0.3, -0.25) is 9.98 Å². The van der Waals surface area contributed by atoms with Gasteiger partial charge in [-0.25, -0.2) is 0 Å². The number of aromatic nitrogens is 1. The fourth-order valence-corrected chi connectivity index (χ4v) is 5.31. The maximum atomic E-state index is 5.01. The van der Waals surface area contributed by atoms with Crippen LogP contribution in [-0.2, 0) is 0 Å². The summed E-state index contributed by atoms with van der Waals surface area (Å²) < 4.78 is 0. The number of nitrogens with zero attached hydrogens (tertiary/aromatic N) is 3. The first-order chi connectivity index (χ1) is 10.4. The van der Waals surface area contributed by atoms with E-state index in [2.05, 4.69) is 46.5 Å². The van der Waals surface area contributed by atoms with Crippen LogP contribution in [0.25, 0.3) is 0 Å². The smallest absolute Gasteiger partial charge is 0.160 e. The van der Waals surface area contributed by atoms with Crippen molar-refractivity contribution in [3.63, 3.8) is 0 Å². The predicted octanol–water partition coefficient (Wildman–Crippen LogP) is 4.12. The van der Waals surface area contributed by atoms with Crippen LogP contribution >= 0.6 is 23.1 Å². The van der Waals surface area contributed by atoms with E-state index >= 15 is 0 Å². The van der Waals surface area contributed by atoms with Gasteiger partial charge < -0.3 is 4.90 Å². The Hall–Kier alpha value is -1.33. The fraction of sp³-hybridized carbons (Fsp3) is 0.375. The van der Waals surface area contributed by atoms with Gasteiger partial charge in [0.05, 0.1) is 11.7 Å². The summed E-state index contributed by atoms with van der Waals surface area (Å²) in [7, 11) is 0. The lowest BCUT2D eigenvalue weighted by Crippen LogP contribution is -2.34. The van der Waals surface area contributed by atoms with Crippen molar-refractivity contribution in [3.05, 3.63) is 52.5 Å². The number of amidine groups is 1. The van der Waals surface area contributed by atoms with Gasteiger partial charge in [0.15, 0.2) is 5.17 Å². The van der Waals surface area contributed by atoms with Gasteiger partial charge >= 0.3 is 0 Å². The summed E-state index contributed by atoms with van der Waals surface area (Å²) in [5.41, 5.74) is 1.08. The van der Waals surface area contributed by atoms with Crippen LogP contribution in [0.4, 0.5) is 0 Å². The molecular weight excluding hydrogens is 298 g/mol. The van der Waals surface area contributed by atoms with Crippen molar-refractivity contribution in [2.24, 2.45) is 4.99 Å². The van der Waals surface area contributed by atoms with Gasteiger partial charge in [-0.2, -0.15) is 0 Å². The SMILES string of the molecule is CC[C@H]1CSC2=N[C@@H](c3ccccn3)[C@@H](c3cccs3)N21. The number of rotatable bonds is 3. The van der Waals surface area contributed by atoms with E-state index in [1.807, 2.05) is 35.4 Å². The minimum absolute atomic E-state index is 0.127. The summed E-state index contributed by atoms with van der Waals surface area (Å²) in [6, 6.07) is 11.5. The summed E-state index contributed by atoms with van der Waals surface area (Å²) in [5, 5.41) is 3.36. The minimum atomic E-state index is 0.127. The third-order valence-corrected chi connectivity index (χ3v) is 6.23. The highest BCUT2D eigenvalue weighted by atomic mass is 32.2. The number of fused-ring (bicyclic) bond motifs is 1. The molecule has 3 nitrogen and oxygen atoms in total. The summed E-state index contributed by atoms with van der Waals surface area (Å²) in [5.74, 6) is 1.16. The Kier molecular flexibility index (Phi) is 3.47. The molecule has 0 aliphatic carbocycles. The number of hydrogen-bond acceptors (Lipinski definition) is 5. The van der Waals surface area contributed by atoms with Gasteiger partial charge in [-0.1, -0.05) is 30.8 Å². The summed E-state index contributed by atoms with van der Waals surface area (Å²) in [6.45, 7) is 2.27. The Labute approximate surface area is 133 Å². The zero-order valence-corrected chi connectivity index (χ0v) is 13.5. The molecule has 1 saturated heterocycles. The zero-order valence-electron chi connectivity index (χ0n) is 11.8. The first kappa shape index (κ1) is 13.3. The van der Waals surface area contributed by atoms with Crippen LogP contribution in [0, 0.1) is 0 Å². The molecule has 0 spiro atoms. The van der Waals surface area contributed by atoms with Gasteiger partial charge in [-0.15, -0.1) is 11.3 Å². The molecule has 2 aliphatic rings. The second-order valence-electron chi connectivity index (χ2n) is 5.35. The number of thiophene rings is 1. The third-order valence-electron chi connectivity index (χ3n) is 4.16. The molecule has 108 valence electrons. The van der Waals surface area contributed by atoms with E-state index in [1.165, 1.54) is 16.5 Å². The summed E-state index contributed by atoms with van der Waals surface area (Å²) in [6.07, 6.45) is 3.04. The largest absolute Gasteiger partial charge is 0.337 e. The van der Waals surface area contributed by atoms with Crippen molar-refractivity contribution >= 4 is 28.3 Å². The molecular formula is C16H17N3S2. The Balaban J connectivity index is 1.78. The number of pyridine rings is 1. The molecule has 2 aromatic rings. The van der Waals surface area contributed by atoms with Crippen LogP contribution < -0.4 is 0 Å². The van der Waals surface area contributed by atoms with Crippen molar-refractivity contribution in [1.29, 1.82) is 0 Å². The van der Waals surface area contributed by atoms with Crippen LogP contribution in [0.2, 0.25) is 0 Å². The van der Waals surface area contributed by atoms with Crippen LogP contribution in [0.3, 0.4) is 0 Å². The van der Waals surface area contributed by atoms with E-state index < -0.39 is 0 Å². The van der Waals surface area contributed by atoms with E-state index in [9.17, 15) is 0 Å². The molecule has 0 N–H and O–H groups in total. The van der Waals surface area contributed by atoms with Crippen molar-refractivity contribution in [2.45, 2.75) is 31.5 Å². The standard InChI is InChI=1S/C16H17N3S2/c1-2-11-10-21-16-18-14(12-6-3-4-8-17-12)15(19(11)16)13-7-5-9-20-13/h3-9,11,14-15H,2,10H2,1H3/t11-,14-,15+/m0/s1. The molecule has 2 aromatic heterocycles. The minimum Gasteiger partial charge on any atom is -0.337 e. The number of hydrogen-bond donors (Lipinski definition) is 0. The van der Waals surface area contributed by atoms with Crippen molar-refractivity contribution in [1.82, 2.24) is 9.88 Å². The molecule has 1 fully saturated rings. The van der Waals surface area contributed by atoms with Crippen molar-refractivity contribution < 1.29 is 0 Å². The number of aliphatic imine (C=N–C) groups is 1. The predicted molar refractivity (Wildman–Crippen MR) is 89.8 cm³/mol. The van der Waals surface area contributed by atoms with Crippen molar-refractivity contribution in [3.8, 4) is 0 Å².